The van der Waals surface area contributed by atoms with Gasteiger partial charge in [-0.05, 0) is 25.1 Å². The van der Waals surface area contributed by atoms with Gasteiger partial charge in [-0.15, -0.1) is 0 Å². The number of nitrogens with one attached hydrogen (secondary N) is 1. The Kier molecular flexibility index (Phi) is 4.14. The Balaban J connectivity index is 2.05. The molecule has 1 amide bonds. The summed E-state index contributed by atoms with van der Waals surface area (Å²) in [5.41, 5.74) is 1.54. The molecule has 1 aromatic carbocycles. The summed E-state index contributed by atoms with van der Waals surface area (Å²) in [6, 6.07) is 4.83. The third-order valence-corrected chi connectivity index (χ3v) is 2.74. The van der Waals surface area contributed by atoms with Gasteiger partial charge in [0.05, 0.1) is 19.0 Å². The van der Waals surface area contributed by atoms with E-state index in [1.165, 1.54) is 25.6 Å². The van der Waals surface area contributed by atoms with Crippen LogP contribution in [0.2, 0.25) is 0 Å². The lowest BCUT2D eigenvalue weighted by Gasteiger charge is -2.08. The maximum absolute atomic E-state index is 11.9. The van der Waals surface area contributed by atoms with Crippen LogP contribution in [-0.4, -0.2) is 28.1 Å². The molecule has 104 valence electrons. The van der Waals surface area contributed by atoms with Crippen molar-refractivity contribution in [3.05, 3.63) is 47.5 Å². The van der Waals surface area contributed by atoms with Crippen molar-refractivity contribution in [2.24, 2.45) is 0 Å². The number of methoxy groups -OCH3 is 1. The fourth-order valence-electron chi connectivity index (χ4n) is 1.61. The van der Waals surface area contributed by atoms with E-state index in [1.807, 2.05) is 0 Å². The van der Waals surface area contributed by atoms with Crippen molar-refractivity contribution < 1.29 is 14.6 Å². The van der Waals surface area contributed by atoms with Gasteiger partial charge in [0, 0.05) is 18.3 Å². The van der Waals surface area contributed by atoms with Crippen LogP contribution in [-0.2, 0) is 6.54 Å². The summed E-state index contributed by atoms with van der Waals surface area (Å²) in [4.78, 5) is 19.9. The molecule has 0 aliphatic carbocycles. The first-order valence-corrected chi connectivity index (χ1v) is 6.03. The van der Waals surface area contributed by atoms with Gasteiger partial charge < -0.3 is 15.2 Å². The smallest absolute Gasteiger partial charge is 0.271 e. The Bertz CT molecular complexity index is 612. The summed E-state index contributed by atoms with van der Waals surface area (Å²) in [6.45, 7) is 1.97. The molecule has 2 N–H and O–H groups in total. The summed E-state index contributed by atoms with van der Waals surface area (Å²) in [6.07, 6.45) is 2.94. The molecular weight excluding hydrogens is 258 g/mol. The maximum Gasteiger partial charge on any atom is 0.271 e. The number of carbonyl (C=O) groups excluding carboxylic acids is 1. The third kappa shape index (κ3) is 3.23. The molecular formula is C14H15N3O3. The molecule has 0 saturated carbocycles. The number of nitrogens with zero attached hydrogens (tertiary/aromatic N) is 2. The van der Waals surface area contributed by atoms with E-state index in [2.05, 4.69) is 15.3 Å². The number of hydrogen-bond donors (Lipinski definition) is 2. The minimum Gasteiger partial charge on any atom is -0.508 e. The molecule has 0 unspecified atom stereocenters. The van der Waals surface area contributed by atoms with E-state index >= 15 is 0 Å². The molecule has 0 saturated heterocycles. The number of rotatable bonds is 4. The lowest BCUT2D eigenvalue weighted by Crippen LogP contribution is -2.24. The molecule has 20 heavy (non-hydrogen) atoms. The largest absolute Gasteiger partial charge is 0.508 e. The van der Waals surface area contributed by atoms with Crippen molar-refractivity contribution in [2.45, 2.75) is 13.5 Å². The van der Waals surface area contributed by atoms with E-state index in [1.54, 1.807) is 19.1 Å². The van der Waals surface area contributed by atoms with Crippen molar-refractivity contribution in [3.63, 3.8) is 0 Å². The van der Waals surface area contributed by atoms with Crippen molar-refractivity contribution in [1.29, 1.82) is 0 Å². The van der Waals surface area contributed by atoms with Crippen LogP contribution < -0.4 is 10.1 Å². The van der Waals surface area contributed by atoms with Gasteiger partial charge in [0.25, 0.3) is 5.91 Å². The zero-order valence-electron chi connectivity index (χ0n) is 11.3. The predicted molar refractivity (Wildman–Crippen MR) is 72.6 cm³/mol. The molecule has 2 aromatic rings. The Morgan fingerprint density at radius 2 is 2.15 bits per heavy atom. The molecule has 1 heterocycles. The molecule has 0 atom stereocenters. The average Bonchev–Trinajstić information content (AvgIpc) is 2.47. The highest BCUT2D eigenvalue weighted by molar-refractivity contribution is 5.91. The second-order valence-corrected chi connectivity index (χ2v) is 4.22. The zero-order valence-corrected chi connectivity index (χ0v) is 11.3. The van der Waals surface area contributed by atoms with Gasteiger partial charge in [-0.3, -0.25) is 9.78 Å². The fourth-order valence-corrected chi connectivity index (χ4v) is 1.61. The number of phenols is 1. The van der Waals surface area contributed by atoms with Gasteiger partial charge in [0.15, 0.2) is 0 Å². The van der Waals surface area contributed by atoms with Crippen LogP contribution in [0.15, 0.2) is 30.6 Å². The fraction of sp³-hybridized carbons (Fsp3) is 0.214. The number of carbonyl (C=O) groups is 1. The average molecular weight is 273 g/mol. The maximum atomic E-state index is 11.9. The topological polar surface area (TPSA) is 84.3 Å². The predicted octanol–water partition coefficient (Wildman–Crippen LogP) is 1.43. The minimum atomic E-state index is -0.347. The zero-order chi connectivity index (χ0) is 14.5. The number of aromatic hydroxyl groups is 1. The molecule has 0 radical (unpaired) electrons. The SMILES string of the molecule is COc1ccc(O)c(CNC(=O)c2cnc(C)cn2)c1. The first-order valence-electron chi connectivity index (χ1n) is 6.03. The summed E-state index contributed by atoms with van der Waals surface area (Å²) >= 11 is 0. The summed E-state index contributed by atoms with van der Waals surface area (Å²) < 4.78 is 5.07. The molecule has 6 nitrogen and oxygen atoms in total. The van der Waals surface area contributed by atoms with E-state index in [0.29, 0.717) is 11.3 Å². The highest BCUT2D eigenvalue weighted by Crippen LogP contribution is 2.22. The molecule has 0 bridgehead atoms. The molecule has 1 aromatic heterocycles. The van der Waals surface area contributed by atoms with Crippen molar-refractivity contribution in [2.75, 3.05) is 7.11 Å². The first-order chi connectivity index (χ1) is 9.60. The number of hydrogen-bond acceptors (Lipinski definition) is 5. The quantitative estimate of drug-likeness (QED) is 0.880. The molecule has 0 aliphatic heterocycles. The standard InChI is InChI=1S/C14H15N3O3/c1-9-6-16-12(8-15-9)14(19)17-7-10-5-11(20-2)3-4-13(10)18/h3-6,8,18H,7H2,1-2H3,(H,17,19). The molecule has 2 rings (SSSR count). The van der Waals surface area contributed by atoms with Gasteiger partial charge in [-0.1, -0.05) is 0 Å². The first kappa shape index (κ1) is 13.8. The van der Waals surface area contributed by atoms with Crippen molar-refractivity contribution >= 4 is 5.91 Å². The van der Waals surface area contributed by atoms with E-state index in [0.717, 1.165) is 5.69 Å². The van der Waals surface area contributed by atoms with Gasteiger partial charge in [-0.2, -0.15) is 0 Å². The van der Waals surface area contributed by atoms with E-state index in [9.17, 15) is 9.90 Å². The van der Waals surface area contributed by atoms with E-state index in [-0.39, 0.29) is 23.9 Å². The molecule has 0 aliphatic rings. The summed E-state index contributed by atoms with van der Waals surface area (Å²) in [5, 5.41) is 12.4. The van der Waals surface area contributed by atoms with Gasteiger partial charge in [0.2, 0.25) is 0 Å². The van der Waals surface area contributed by atoms with Crippen molar-refractivity contribution in [3.8, 4) is 11.5 Å². The van der Waals surface area contributed by atoms with Crippen LogP contribution in [0.1, 0.15) is 21.7 Å². The highest BCUT2D eigenvalue weighted by atomic mass is 16.5. The van der Waals surface area contributed by atoms with Crippen molar-refractivity contribution in [1.82, 2.24) is 15.3 Å². The number of ether oxygens (including phenoxy) is 1. The molecule has 6 heteroatoms. The van der Waals surface area contributed by atoms with Crippen LogP contribution in [0.5, 0.6) is 11.5 Å². The number of phenolic OH excluding ortho intramolecular Hbond substituents is 1. The van der Waals surface area contributed by atoms with Crippen LogP contribution in [0, 0.1) is 6.92 Å². The third-order valence-electron chi connectivity index (χ3n) is 2.74. The van der Waals surface area contributed by atoms with Gasteiger partial charge >= 0.3 is 0 Å². The summed E-state index contributed by atoms with van der Waals surface area (Å²) in [7, 11) is 1.54. The lowest BCUT2D eigenvalue weighted by molar-refractivity contribution is 0.0945. The van der Waals surface area contributed by atoms with E-state index < -0.39 is 0 Å². The monoisotopic (exact) mass is 273 g/mol. The Labute approximate surface area is 116 Å². The van der Waals surface area contributed by atoms with Gasteiger partial charge in [0.1, 0.15) is 17.2 Å². The summed E-state index contributed by atoms with van der Waals surface area (Å²) in [5.74, 6) is 0.364. The molecule has 0 spiro atoms. The second kappa shape index (κ2) is 6.01. The highest BCUT2D eigenvalue weighted by Gasteiger charge is 2.09. The Morgan fingerprint density at radius 3 is 2.80 bits per heavy atom. The second-order valence-electron chi connectivity index (χ2n) is 4.22. The number of aromatic nitrogens is 2. The Hall–Kier alpha value is -2.63. The van der Waals surface area contributed by atoms with Crippen LogP contribution >= 0.6 is 0 Å². The van der Waals surface area contributed by atoms with E-state index in [4.69, 9.17) is 4.74 Å². The lowest BCUT2D eigenvalue weighted by atomic mass is 10.2. The van der Waals surface area contributed by atoms with Crippen LogP contribution in [0.25, 0.3) is 0 Å². The number of aryl methyl sites for hydroxylation is 1. The number of benzene rings is 1. The number of amides is 1. The normalized spacial score (nSPS) is 10.1. The van der Waals surface area contributed by atoms with Crippen LogP contribution in [0.4, 0.5) is 0 Å². The minimum absolute atomic E-state index is 0.0982. The van der Waals surface area contributed by atoms with Crippen LogP contribution in [0.3, 0.4) is 0 Å². The molecule has 0 fully saturated rings. The van der Waals surface area contributed by atoms with Gasteiger partial charge in [-0.25, -0.2) is 4.98 Å². The Morgan fingerprint density at radius 1 is 1.35 bits per heavy atom.